The fraction of sp³-hybridized carbons (Fsp3) is 0.444. The summed E-state index contributed by atoms with van der Waals surface area (Å²) >= 11 is 0. The van der Waals surface area contributed by atoms with Crippen molar-refractivity contribution in [2.75, 3.05) is 13.1 Å². The summed E-state index contributed by atoms with van der Waals surface area (Å²) in [5, 5.41) is 1.02. The van der Waals surface area contributed by atoms with E-state index in [-0.39, 0.29) is 11.9 Å². The third-order valence-corrected chi connectivity index (χ3v) is 5.30. The summed E-state index contributed by atoms with van der Waals surface area (Å²) in [5.41, 5.74) is 7.77. The predicted molar refractivity (Wildman–Crippen MR) is 86.5 cm³/mol. The second-order valence-corrected chi connectivity index (χ2v) is 6.61. The molecule has 2 heterocycles. The molecular weight excluding hydrogens is 274 g/mol. The van der Waals surface area contributed by atoms with Crippen molar-refractivity contribution in [1.82, 2.24) is 9.88 Å². The van der Waals surface area contributed by atoms with Gasteiger partial charge in [0.25, 0.3) is 5.91 Å². The molecule has 3 unspecified atom stereocenters. The highest BCUT2D eigenvalue weighted by molar-refractivity contribution is 6.05. The molecule has 1 amide bonds. The van der Waals surface area contributed by atoms with Crippen molar-refractivity contribution < 1.29 is 4.79 Å². The predicted octanol–water partition coefficient (Wildman–Crippen LogP) is 2.43. The van der Waals surface area contributed by atoms with Gasteiger partial charge in [-0.15, -0.1) is 0 Å². The first-order valence-corrected chi connectivity index (χ1v) is 8.12. The fourth-order valence-corrected chi connectivity index (χ4v) is 4.13. The van der Waals surface area contributed by atoms with Gasteiger partial charge in [-0.2, -0.15) is 0 Å². The van der Waals surface area contributed by atoms with Crippen molar-refractivity contribution in [2.24, 2.45) is 17.6 Å². The van der Waals surface area contributed by atoms with Crippen molar-refractivity contribution in [1.29, 1.82) is 0 Å². The molecule has 4 nitrogen and oxygen atoms in total. The van der Waals surface area contributed by atoms with Gasteiger partial charge in [0.15, 0.2) is 0 Å². The lowest BCUT2D eigenvalue weighted by Crippen LogP contribution is -2.38. The minimum atomic E-state index is 0.103. The Balaban J connectivity index is 1.64. The molecule has 2 N–H and O–H groups in total. The second kappa shape index (κ2) is 5.36. The molecule has 0 bridgehead atoms. The summed E-state index contributed by atoms with van der Waals surface area (Å²) < 4.78 is 0. The number of carbonyl (C=O) groups excluding carboxylic acids is 1. The highest BCUT2D eigenvalue weighted by Gasteiger charge is 2.40. The molecule has 1 saturated heterocycles. The number of amides is 1. The first-order valence-electron chi connectivity index (χ1n) is 8.12. The molecule has 22 heavy (non-hydrogen) atoms. The Morgan fingerprint density at radius 3 is 2.91 bits per heavy atom. The van der Waals surface area contributed by atoms with Crippen LogP contribution in [0.2, 0.25) is 0 Å². The average molecular weight is 295 g/mol. The molecular formula is C18H21N3O. The summed E-state index contributed by atoms with van der Waals surface area (Å²) in [6, 6.07) is 9.98. The van der Waals surface area contributed by atoms with E-state index < -0.39 is 0 Å². The maximum absolute atomic E-state index is 13.0. The highest BCUT2D eigenvalue weighted by atomic mass is 16.2. The Morgan fingerprint density at radius 1 is 1.18 bits per heavy atom. The molecule has 1 aliphatic carbocycles. The molecule has 2 aromatic rings. The van der Waals surface area contributed by atoms with Crippen LogP contribution in [0.1, 0.15) is 29.6 Å². The molecule has 0 radical (unpaired) electrons. The number of rotatable bonds is 1. The van der Waals surface area contributed by atoms with E-state index in [0.717, 1.165) is 30.4 Å². The first-order chi connectivity index (χ1) is 10.7. The van der Waals surface area contributed by atoms with Gasteiger partial charge in [0.2, 0.25) is 0 Å². The molecule has 4 heteroatoms. The number of carbonyl (C=O) groups is 1. The van der Waals surface area contributed by atoms with Crippen molar-refractivity contribution in [3.63, 3.8) is 0 Å². The Morgan fingerprint density at radius 2 is 2.05 bits per heavy atom. The number of para-hydroxylation sites is 1. The number of aromatic nitrogens is 1. The van der Waals surface area contributed by atoms with E-state index in [1.165, 1.54) is 12.8 Å². The molecule has 1 saturated carbocycles. The first kappa shape index (κ1) is 13.7. The van der Waals surface area contributed by atoms with Crippen LogP contribution in [-0.2, 0) is 0 Å². The van der Waals surface area contributed by atoms with Crippen LogP contribution in [0, 0.1) is 11.8 Å². The number of likely N-dealkylation sites (tertiary alicyclic amines) is 1. The Hall–Kier alpha value is -1.94. The van der Waals surface area contributed by atoms with Crippen molar-refractivity contribution in [3.05, 3.63) is 42.1 Å². The molecule has 1 aromatic carbocycles. The Kier molecular flexibility index (Phi) is 3.34. The maximum atomic E-state index is 13.0. The van der Waals surface area contributed by atoms with Gasteiger partial charge in [-0.25, -0.2) is 0 Å². The SMILES string of the molecule is NC1CCCC2CN(C(=O)c3cccc4cccnc34)CC12. The van der Waals surface area contributed by atoms with Crippen molar-refractivity contribution in [2.45, 2.75) is 25.3 Å². The standard InChI is InChI=1S/C18H21N3O/c19-16-8-2-5-13-10-21(11-15(13)16)18(22)14-7-1-4-12-6-3-9-20-17(12)14/h1,3-4,6-7,9,13,15-16H,2,5,8,10-11,19H2. The number of hydrogen-bond acceptors (Lipinski definition) is 3. The molecule has 3 atom stereocenters. The Labute approximate surface area is 130 Å². The zero-order valence-electron chi connectivity index (χ0n) is 12.6. The summed E-state index contributed by atoms with van der Waals surface area (Å²) in [7, 11) is 0. The van der Waals surface area contributed by atoms with E-state index in [1.807, 2.05) is 35.2 Å². The molecule has 4 rings (SSSR count). The monoisotopic (exact) mass is 295 g/mol. The van der Waals surface area contributed by atoms with E-state index in [9.17, 15) is 4.79 Å². The van der Waals surface area contributed by atoms with Crippen LogP contribution in [0.3, 0.4) is 0 Å². The highest BCUT2D eigenvalue weighted by Crippen LogP contribution is 2.36. The fourth-order valence-electron chi connectivity index (χ4n) is 4.13. The third-order valence-electron chi connectivity index (χ3n) is 5.30. The smallest absolute Gasteiger partial charge is 0.256 e. The molecule has 1 aromatic heterocycles. The van der Waals surface area contributed by atoms with E-state index in [2.05, 4.69) is 4.98 Å². The van der Waals surface area contributed by atoms with E-state index >= 15 is 0 Å². The molecule has 2 aliphatic rings. The van der Waals surface area contributed by atoms with Crippen LogP contribution < -0.4 is 5.73 Å². The molecule has 0 spiro atoms. The van der Waals surface area contributed by atoms with Gasteiger partial charge >= 0.3 is 0 Å². The number of benzene rings is 1. The van der Waals surface area contributed by atoms with Crippen molar-refractivity contribution in [3.8, 4) is 0 Å². The normalized spacial score (nSPS) is 27.9. The summed E-state index contributed by atoms with van der Waals surface area (Å²) in [5.74, 6) is 1.15. The number of fused-ring (bicyclic) bond motifs is 2. The third kappa shape index (κ3) is 2.18. The lowest BCUT2D eigenvalue weighted by molar-refractivity contribution is 0.0785. The second-order valence-electron chi connectivity index (χ2n) is 6.61. The maximum Gasteiger partial charge on any atom is 0.256 e. The van der Waals surface area contributed by atoms with Crippen LogP contribution in [0.4, 0.5) is 0 Å². The summed E-state index contributed by atoms with van der Waals surface area (Å²) in [4.78, 5) is 19.4. The Bertz CT molecular complexity index is 709. The van der Waals surface area contributed by atoms with E-state index in [1.54, 1.807) is 6.20 Å². The quantitative estimate of drug-likeness (QED) is 0.879. The van der Waals surface area contributed by atoms with Crippen LogP contribution in [0.5, 0.6) is 0 Å². The van der Waals surface area contributed by atoms with Crippen molar-refractivity contribution >= 4 is 16.8 Å². The number of hydrogen-bond donors (Lipinski definition) is 1. The number of pyridine rings is 1. The molecule has 114 valence electrons. The van der Waals surface area contributed by atoms with Crippen LogP contribution in [-0.4, -0.2) is 34.9 Å². The zero-order chi connectivity index (χ0) is 15.1. The van der Waals surface area contributed by atoms with Gasteiger partial charge in [-0.1, -0.05) is 24.6 Å². The summed E-state index contributed by atoms with van der Waals surface area (Å²) in [6.07, 6.45) is 5.24. The van der Waals surface area contributed by atoms with Gasteiger partial charge in [0.05, 0.1) is 11.1 Å². The van der Waals surface area contributed by atoms with Gasteiger partial charge in [0, 0.05) is 30.7 Å². The van der Waals surface area contributed by atoms with Crippen LogP contribution >= 0.6 is 0 Å². The van der Waals surface area contributed by atoms with Crippen LogP contribution in [0.25, 0.3) is 10.9 Å². The zero-order valence-corrected chi connectivity index (χ0v) is 12.6. The number of nitrogens with zero attached hydrogens (tertiary/aromatic N) is 2. The lowest BCUT2D eigenvalue weighted by atomic mass is 9.78. The molecule has 2 fully saturated rings. The van der Waals surface area contributed by atoms with E-state index in [0.29, 0.717) is 17.4 Å². The van der Waals surface area contributed by atoms with Gasteiger partial charge in [0.1, 0.15) is 0 Å². The van der Waals surface area contributed by atoms with Gasteiger partial charge < -0.3 is 10.6 Å². The van der Waals surface area contributed by atoms with E-state index in [4.69, 9.17) is 5.73 Å². The van der Waals surface area contributed by atoms with Crippen LogP contribution in [0.15, 0.2) is 36.5 Å². The van der Waals surface area contributed by atoms with Gasteiger partial charge in [-0.3, -0.25) is 9.78 Å². The van der Waals surface area contributed by atoms with Gasteiger partial charge in [-0.05, 0) is 36.8 Å². The minimum Gasteiger partial charge on any atom is -0.338 e. The largest absolute Gasteiger partial charge is 0.338 e. The topological polar surface area (TPSA) is 59.2 Å². The lowest BCUT2D eigenvalue weighted by Gasteiger charge is -2.29. The number of nitrogens with two attached hydrogens (primary N) is 1. The average Bonchev–Trinajstić information content (AvgIpc) is 2.99. The summed E-state index contributed by atoms with van der Waals surface area (Å²) in [6.45, 7) is 1.65. The molecule has 1 aliphatic heterocycles. The minimum absolute atomic E-state index is 0.103.